The van der Waals surface area contributed by atoms with Gasteiger partial charge in [-0.05, 0) is 37.6 Å². The largest absolute Gasteiger partial charge is 0.377 e. The van der Waals surface area contributed by atoms with Gasteiger partial charge in [-0.15, -0.1) is 0 Å². The Morgan fingerprint density at radius 3 is 2.87 bits per heavy atom. The van der Waals surface area contributed by atoms with Crippen LogP contribution >= 0.6 is 11.6 Å². The highest BCUT2D eigenvalue weighted by molar-refractivity contribution is 6.30. The maximum atomic E-state index is 12.2. The molecule has 1 aromatic carbocycles. The molecule has 10 heteroatoms. The van der Waals surface area contributed by atoms with Crippen molar-refractivity contribution in [2.45, 2.75) is 39.0 Å². The molecule has 3 N–H and O–H groups in total. The van der Waals surface area contributed by atoms with E-state index in [2.05, 4.69) is 31.0 Å². The second kappa shape index (κ2) is 10.9. The molecule has 1 aliphatic heterocycles. The van der Waals surface area contributed by atoms with Gasteiger partial charge < -0.3 is 20.7 Å². The number of hydrogen-bond acceptors (Lipinski definition) is 5. The normalized spacial score (nSPS) is 16.1. The first-order valence-electron chi connectivity index (χ1n) is 10.1. The van der Waals surface area contributed by atoms with Crippen molar-refractivity contribution in [1.82, 2.24) is 30.7 Å². The van der Waals surface area contributed by atoms with Crippen LogP contribution in [-0.4, -0.2) is 59.4 Å². The number of carbonyl (C=O) groups is 1. The molecule has 1 amide bonds. The lowest BCUT2D eigenvalue weighted by atomic mass is 10.1. The molecule has 0 saturated heterocycles. The number of halogens is 1. The number of rotatable bonds is 8. The van der Waals surface area contributed by atoms with Gasteiger partial charge in [-0.3, -0.25) is 9.79 Å². The molecule has 3 rings (SSSR count). The molecule has 0 spiro atoms. The highest BCUT2D eigenvalue weighted by atomic mass is 35.5. The molecule has 162 valence electrons. The lowest BCUT2D eigenvalue weighted by Gasteiger charge is -2.25. The van der Waals surface area contributed by atoms with Gasteiger partial charge >= 0.3 is 0 Å². The first kappa shape index (κ1) is 22.0. The van der Waals surface area contributed by atoms with E-state index in [0.29, 0.717) is 36.1 Å². The average Bonchev–Trinajstić information content (AvgIpc) is 3.13. The summed E-state index contributed by atoms with van der Waals surface area (Å²) in [7, 11) is 1.64. The molecule has 0 aliphatic carbocycles. The van der Waals surface area contributed by atoms with Crippen molar-refractivity contribution >= 4 is 23.5 Å². The monoisotopic (exact) mass is 433 g/mol. The van der Waals surface area contributed by atoms with Crippen molar-refractivity contribution in [2.24, 2.45) is 4.99 Å². The zero-order valence-electron chi connectivity index (χ0n) is 17.3. The third-order valence-corrected chi connectivity index (χ3v) is 4.89. The van der Waals surface area contributed by atoms with Crippen molar-refractivity contribution in [1.29, 1.82) is 0 Å². The quantitative estimate of drug-likeness (QED) is 0.330. The third-order valence-electron chi connectivity index (χ3n) is 4.63. The van der Waals surface area contributed by atoms with E-state index < -0.39 is 0 Å². The second-order valence-corrected chi connectivity index (χ2v) is 7.40. The lowest BCUT2D eigenvalue weighted by molar-refractivity contribution is 0.0955. The number of ether oxygens (including phenoxy) is 1. The van der Waals surface area contributed by atoms with E-state index in [-0.39, 0.29) is 11.9 Å². The van der Waals surface area contributed by atoms with Crippen LogP contribution < -0.4 is 16.0 Å². The number of aromatic nitrogens is 3. The van der Waals surface area contributed by atoms with E-state index in [4.69, 9.17) is 16.3 Å². The van der Waals surface area contributed by atoms with Crippen LogP contribution in [0.25, 0.3) is 0 Å². The van der Waals surface area contributed by atoms with Crippen LogP contribution in [0, 0.1) is 0 Å². The molecule has 0 bridgehead atoms. The summed E-state index contributed by atoms with van der Waals surface area (Å²) < 4.78 is 7.05. The van der Waals surface area contributed by atoms with Gasteiger partial charge in [0.05, 0.1) is 13.1 Å². The molecular formula is C20H28ClN7O2. The standard InChI is InChI=1S/C20H28ClN7O2/c1-3-22-20(24-11-10-23-19(29)14-4-6-15(21)7-5-14)25-16-8-9-18-26-17(13-30-2)27-28(18)12-16/h4-7,16H,3,8-13H2,1-2H3,(H,23,29)(H2,22,24,25). The number of amides is 1. The van der Waals surface area contributed by atoms with Crippen molar-refractivity contribution in [3.8, 4) is 0 Å². The summed E-state index contributed by atoms with van der Waals surface area (Å²) >= 11 is 5.85. The van der Waals surface area contributed by atoms with E-state index in [1.807, 2.05) is 11.6 Å². The predicted octanol–water partition coefficient (Wildman–Crippen LogP) is 1.38. The van der Waals surface area contributed by atoms with Crippen molar-refractivity contribution in [3.63, 3.8) is 0 Å². The number of guanidine groups is 1. The van der Waals surface area contributed by atoms with E-state index in [1.54, 1.807) is 31.4 Å². The molecule has 0 radical (unpaired) electrons. The summed E-state index contributed by atoms with van der Waals surface area (Å²) in [6, 6.07) is 7.00. The van der Waals surface area contributed by atoms with Crippen LogP contribution in [0.4, 0.5) is 0 Å². The van der Waals surface area contributed by atoms with Crippen LogP contribution in [0.3, 0.4) is 0 Å². The van der Waals surface area contributed by atoms with Crippen LogP contribution in [0.1, 0.15) is 35.4 Å². The Balaban J connectivity index is 1.49. The zero-order chi connectivity index (χ0) is 21.3. The Morgan fingerprint density at radius 2 is 2.13 bits per heavy atom. The highest BCUT2D eigenvalue weighted by Crippen LogP contribution is 2.13. The van der Waals surface area contributed by atoms with E-state index in [1.165, 1.54) is 0 Å². The molecule has 30 heavy (non-hydrogen) atoms. The van der Waals surface area contributed by atoms with Crippen LogP contribution in [0.5, 0.6) is 0 Å². The molecule has 1 aromatic heterocycles. The summed E-state index contributed by atoms with van der Waals surface area (Å²) in [6.07, 6.45) is 1.80. The van der Waals surface area contributed by atoms with Crippen LogP contribution in [0.15, 0.2) is 29.3 Å². The van der Waals surface area contributed by atoms with Gasteiger partial charge in [0, 0.05) is 43.2 Å². The molecule has 1 atom stereocenters. The number of nitrogens with zero attached hydrogens (tertiary/aromatic N) is 4. The second-order valence-electron chi connectivity index (χ2n) is 6.96. The predicted molar refractivity (Wildman–Crippen MR) is 116 cm³/mol. The smallest absolute Gasteiger partial charge is 0.251 e. The van der Waals surface area contributed by atoms with E-state index in [9.17, 15) is 4.79 Å². The highest BCUT2D eigenvalue weighted by Gasteiger charge is 2.22. The van der Waals surface area contributed by atoms with E-state index >= 15 is 0 Å². The fourth-order valence-electron chi connectivity index (χ4n) is 3.22. The van der Waals surface area contributed by atoms with Gasteiger partial charge in [-0.25, -0.2) is 9.67 Å². The fraction of sp³-hybridized carbons (Fsp3) is 0.500. The molecule has 2 aromatic rings. The molecule has 9 nitrogen and oxygen atoms in total. The number of nitrogens with one attached hydrogen (secondary N) is 3. The average molecular weight is 434 g/mol. The Bertz CT molecular complexity index is 867. The number of hydrogen-bond donors (Lipinski definition) is 3. The topological polar surface area (TPSA) is 105 Å². The molecular weight excluding hydrogens is 406 g/mol. The number of aliphatic imine (C=N–C) groups is 1. The molecule has 2 heterocycles. The minimum Gasteiger partial charge on any atom is -0.377 e. The van der Waals surface area contributed by atoms with Gasteiger partial charge in [0.2, 0.25) is 0 Å². The van der Waals surface area contributed by atoms with Crippen molar-refractivity contribution in [2.75, 3.05) is 26.7 Å². The zero-order valence-corrected chi connectivity index (χ0v) is 18.1. The van der Waals surface area contributed by atoms with Crippen molar-refractivity contribution in [3.05, 3.63) is 46.5 Å². The Labute approximate surface area is 181 Å². The maximum absolute atomic E-state index is 12.2. The summed E-state index contributed by atoms with van der Waals surface area (Å²) in [5.74, 6) is 2.29. The van der Waals surface area contributed by atoms with Gasteiger partial charge in [0.1, 0.15) is 12.4 Å². The first-order chi connectivity index (χ1) is 14.6. The summed E-state index contributed by atoms with van der Waals surface area (Å²) in [6.45, 7) is 4.83. The van der Waals surface area contributed by atoms with Gasteiger partial charge in [-0.1, -0.05) is 11.6 Å². The number of methoxy groups -OCH3 is 1. The number of fused-ring (bicyclic) bond motifs is 1. The minimum absolute atomic E-state index is 0.141. The maximum Gasteiger partial charge on any atom is 0.251 e. The lowest BCUT2D eigenvalue weighted by Crippen LogP contribution is -2.47. The summed E-state index contributed by atoms with van der Waals surface area (Å²) in [4.78, 5) is 21.2. The van der Waals surface area contributed by atoms with Crippen LogP contribution in [-0.2, 0) is 24.3 Å². The fourth-order valence-corrected chi connectivity index (χ4v) is 3.35. The molecule has 0 saturated carbocycles. The van der Waals surface area contributed by atoms with Gasteiger partial charge in [0.15, 0.2) is 11.8 Å². The number of aryl methyl sites for hydroxylation is 1. The van der Waals surface area contributed by atoms with Crippen molar-refractivity contribution < 1.29 is 9.53 Å². The molecule has 0 fully saturated rings. The summed E-state index contributed by atoms with van der Waals surface area (Å²) in [5.41, 5.74) is 0.576. The van der Waals surface area contributed by atoms with E-state index in [0.717, 1.165) is 37.7 Å². The summed E-state index contributed by atoms with van der Waals surface area (Å²) in [5, 5.41) is 14.7. The van der Waals surface area contributed by atoms with Gasteiger partial charge in [-0.2, -0.15) is 5.10 Å². The number of benzene rings is 1. The minimum atomic E-state index is -0.141. The Hall–Kier alpha value is -2.65. The SMILES string of the molecule is CCNC(=NCCNC(=O)c1ccc(Cl)cc1)NC1CCc2nc(COC)nn2C1. The Morgan fingerprint density at radius 1 is 1.33 bits per heavy atom. The Kier molecular flexibility index (Phi) is 8.04. The van der Waals surface area contributed by atoms with Crippen LogP contribution in [0.2, 0.25) is 5.02 Å². The molecule has 1 aliphatic rings. The third kappa shape index (κ3) is 6.17. The first-order valence-corrected chi connectivity index (χ1v) is 10.5. The van der Waals surface area contributed by atoms with Gasteiger partial charge in [0.25, 0.3) is 5.91 Å². The number of carbonyl (C=O) groups excluding carboxylic acids is 1. The molecule has 1 unspecified atom stereocenters.